The Morgan fingerprint density at radius 1 is 1.71 bits per heavy atom. The number of hydrogen-bond donors (Lipinski definition) is 0. The monoisotopic (exact) mass is 102 g/mol. The van der Waals surface area contributed by atoms with Gasteiger partial charge in [-0.1, -0.05) is 12.2 Å². The quantitative estimate of drug-likeness (QED) is 0.469. The van der Waals surface area contributed by atoms with Crippen molar-refractivity contribution in [3.8, 4) is 0 Å². The third kappa shape index (κ3) is 5.67. The van der Waals surface area contributed by atoms with Gasteiger partial charge < -0.3 is 0 Å². The zero-order valence-electron chi connectivity index (χ0n) is 4.82. The highest BCUT2D eigenvalue weighted by atomic mass is 19.1. The topological polar surface area (TPSA) is 0 Å². The summed E-state index contributed by atoms with van der Waals surface area (Å²) >= 11 is 0. The number of halogens is 1. The van der Waals surface area contributed by atoms with Crippen LogP contribution in [-0.4, -0.2) is 6.17 Å². The minimum absolute atomic E-state index is 0.552. The zero-order valence-corrected chi connectivity index (χ0v) is 4.82. The molecule has 0 aromatic heterocycles. The third-order valence-corrected chi connectivity index (χ3v) is 0.697. The van der Waals surface area contributed by atoms with Crippen LogP contribution >= 0.6 is 0 Å². The molecule has 0 heterocycles. The second kappa shape index (κ2) is 3.85. The SMILES string of the molecule is CC=CCC(C)F. The van der Waals surface area contributed by atoms with Crippen LogP contribution in [0, 0.1) is 0 Å². The lowest BCUT2D eigenvalue weighted by Gasteiger charge is -1.89. The molecule has 0 aliphatic heterocycles. The molecule has 0 saturated carbocycles. The van der Waals surface area contributed by atoms with Crippen molar-refractivity contribution in [1.29, 1.82) is 0 Å². The molecule has 0 aromatic carbocycles. The van der Waals surface area contributed by atoms with Gasteiger partial charge in [-0.3, -0.25) is 0 Å². The molecular weight excluding hydrogens is 91.1 g/mol. The van der Waals surface area contributed by atoms with Gasteiger partial charge in [0.2, 0.25) is 0 Å². The largest absolute Gasteiger partial charge is 0.247 e. The van der Waals surface area contributed by atoms with Gasteiger partial charge in [0.15, 0.2) is 0 Å². The summed E-state index contributed by atoms with van der Waals surface area (Å²) in [5, 5.41) is 0. The van der Waals surface area contributed by atoms with Crippen molar-refractivity contribution >= 4 is 0 Å². The Hall–Kier alpha value is -0.330. The molecule has 0 amide bonds. The van der Waals surface area contributed by atoms with Crippen LogP contribution in [0.25, 0.3) is 0 Å². The van der Waals surface area contributed by atoms with Crippen LogP contribution in [0.4, 0.5) is 4.39 Å². The fourth-order valence-electron chi connectivity index (χ4n) is 0.324. The molecule has 0 spiro atoms. The average molecular weight is 102 g/mol. The lowest BCUT2D eigenvalue weighted by atomic mass is 10.3. The van der Waals surface area contributed by atoms with Gasteiger partial charge in [0.05, 0.1) is 0 Å². The maximum atomic E-state index is 11.8. The summed E-state index contributed by atoms with van der Waals surface area (Å²) in [5.74, 6) is 0. The molecule has 1 heteroatoms. The average Bonchev–Trinajstić information content (AvgIpc) is 1.61. The number of hydrogen-bond acceptors (Lipinski definition) is 0. The van der Waals surface area contributed by atoms with E-state index in [1.54, 1.807) is 6.92 Å². The minimum Gasteiger partial charge on any atom is -0.247 e. The van der Waals surface area contributed by atoms with E-state index in [9.17, 15) is 4.39 Å². The molecule has 42 valence electrons. The van der Waals surface area contributed by atoms with Crippen LogP contribution in [0.2, 0.25) is 0 Å². The molecule has 0 aliphatic rings. The van der Waals surface area contributed by atoms with Gasteiger partial charge in [-0.25, -0.2) is 4.39 Å². The summed E-state index contributed by atoms with van der Waals surface area (Å²) in [4.78, 5) is 0. The van der Waals surface area contributed by atoms with E-state index in [2.05, 4.69) is 0 Å². The predicted molar refractivity (Wildman–Crippen MR) is 30.0 cm³/mol. The molecule has 7 heavy (non-hydrogen) atoms. The van der Waals surface area contributed by atoms with Crippen molar-refractivity contribution in [2.75, 3.05) is 0 Å². The molecule has 0 radical (unpaired) electrons. The van der Waals surface area contributed by atoms with Crippen LogP contribution < -0.4 is 0 Å². The Labute approximate surface area is 44.0 Å². The molecule has 0 rings (SSSR count). The summed E-state index contributed by atoms with van der Waals surface area (Å²) in [6, 6.07) is 0. The van der Waals surface area contributed by atoms with E-state index in [4.69, 9.17) is 0 Å². The number of rotatable bonds is 2. The third-order valence-electron chi connectivity index (χ3n) is 0.697. The molecule has 1 unspecified atom stereocenters. The number of allylic oxidation sites excluding steroid dienone is 2. The first-order valence-corrected chi connectivity index (χ1v) is 2.52. The van der Waals surface area contributed by atoms with Crippen molar-refractivity contribution in [1.82, 2.24) is 0 Å². The smallest absolute Gasteiger partial charge is 0.101 e. The predicted octanol–water partition coefficient (Wildman–Crippen LogP) is 2.31. The van der Waals surface area contributed by atoms with Gasteiger partial charge in [-0.2, -0.15) is 0 Å². The molecule has 0 N–H and O–H groups in total. The normalized spacial score (nSPS) is 15.3. The molecule has 0 bridgehead atoms. The van der Waals surface area contributed by atoms with E-state index in [1.807, 2.05) is 19.1 Å². The first kappa shape index (κ1) is 6.67. The standard InChI is InChI=1S/C6H11F/c1-3-4-5-6(2)7/h3-4,6H,5H2,1-2H3. The Balaban J connectivity index is 2.97. The molecule has 0 nitrogen and oxygen atoms in total. The molecule has 0 aliphatic carbocycles. The Morgan fingerprint density at radius 3 is 2.43 bits per heavy atom. The van der Waals surface area contributed by atoms with Crippen molar-refractivity contribution in [2.45, 2.75) is 26.4 Å². The van der Waals surface area contributed by atoms with E-state index in [0.717, 1.165) is 0 Å². The van der Waals surface area contributed by atoms with Crippen LogP contribution in [0.3, 0.4) is 0 Å². The summed E-state index contributed by atoms with van der Waals surface area (Å²) in [6.07, 6.45) is 3.55. The zero-order chi connectivity index (χ0) is 5.70. The summed E-state index contributed by atoms with van der Waals surface area (Å²) < 4.78 is 11.8. The van der Waals surface area contributed by atoms with E-state index in [1.165, 1.54) is 0 Å². The summed E-state index contributed by atoms with van der Waals surface area (Å²) in [7, 11) is 0. The molecular formula is C6H11F. The van der Waals surface area contributed by atoms with Gasteiger partial charge in [-0.15, -0.1) is 0 Å². The second-order valence-electron chi connectivity index (χ2n) is 1.59. The minimum atomic E-state index is -0.684. The fourth-order valence-corrected chi connectivity index (χ4v) is 0.324. The molecule has 1 atom stereocenters. The Bertz CT molecular complexity index is 55.2. The highest BCUT2D eigenvalue weighted by Crippen LogP contribution is 1.94. The summed E-state index contributed by atoms with van der Waals surface area (Å²) in [5.41, 5.74) is 0. The lowest BCUT2D eigenvalue weighted by molar-refractivity contribution is 0.365. The first-order chi connectivity index (χ1) is 3.27. The molecule has 0 fully saturated rings. The Morgan fingerprint density at radius 2 is 2.29 bits per heavy atom. The summed E-state index contributed by atoms with van der Waals surface area (Å²) in [6.45, 7) is 3.45. The van der Waals surface area contributed by atoms with Gasteiger partial charge in [-0.05, 0) is 20.3 Å². The van der Waals surface area contributed by atoms with Crippen LogP contribution in [0.1, 0.15) is 20.3 Å². The second-order valence-corrected chi connectivity index (χ2v) is 1.59. The first-order valence-electron chi connectivity index (χ1n) is 2.52. The lowest BCUT2D eigenvalue weighted by Crippen LogP contribution is -1.86. The fraction of sp³-hybridized carbons (Fsp3) is 0.667. The maximum Gasteiger partial charge on any atom is 0.101 e. The van der Waals surface area contributed by atoms with E-state index in [-0.39, 0.29) is 0 Å². The van der Waals surface area contributed by atoms with Crippen molar-refractivity contribution in [2.24, 2.45) is 0 Å². The van der Waals surface area contributed by atoms with E-state index in [0.29, 0.717) is 6.42 Å². The number of alkyl halides is 1. The highest BCUT2D eigenvalue weighted by Gasteiger charge is 1.88. The van der Waals surface area contributed by atoms with Gasteiger partial charge in [0.1, 0.15) is 6.17 Å². The van der Waals surface area contributed by atoms with Gasteiger partial charge >= 0.3 is 0 Å². The van der Waals surface area contributed by atoms with Gasteiger partial charge in [0, 0.05) is 0 Å². The van der Waals surface area contributed by atoms with Crippen molar-refractivity contribution in [3.05, 3.63) is 12.2 Å². The van der Waals surface area contributed by atoms with Crippen LogP contribution in [0.5, 0.6) is 0 Å². The van der Waals surface area contributed by atoms with Gasteiger partial charge in [0.25, 0.3) is 0 Å². The van der Waals surface area contributed by atoms with Crippen LogP contribution in [0.15, 0.2) is 12.2 Å². The van der Waals surface area contributed by atoms with Crippen molar-refractivity contribution in [3.63, 3.8) is 0 Å². The highest BCUT2D eigenvalue weighted by molar-refractivity contribution is 4.78. The van der Waals surface area contributed by atoms with Crippen LogP contribution in [-0.2, 0) is 0 Å². The maximum absolute atomic E-state index is 11.8. The molecule has 0 aromatic rings. The Kier molecular flexibility index (Phi) is 3.67. The van der Waals surface area contributed by atoms with E-state index < -0.39 is 6.17 Å². The van der Waals surface area contributed by atoms with E-state index >= 15 is 0 Å². The van der Waals surface area contributed by atoms with Crippen molar-refractivity contribution < 1.29 is 4.39 Å². The molecule has 0 saturated heterocycles.